The molecule has 0 unspecified atom stereocenters. The van der Waals surface area contributed by atoms with Crippen molar-refractivity contribution < 1.29 is 14.0 Å². The van der Waals surface area contributed by atoms with E-state index in [4.69, 9.17) is 9.98 Å². The van der Waals surface area contributed by atoms with Gasteiger partial charge < -0.3 is 5.32 Å². The van der Waals surface area contributed by atoms with Crippen molar-refractivity contribution in [3.63, 3.8) is 0 Å². The molecule has 2 aliphatic heterocycles. The molecule has 0 saturated heterocycles. The van der Waals surface area contributed by atoms with Crippen molar-refractivity contribution in [1.29, 1.82) is 0 Å². The van der Waals surface area contributed by atoms with E-state index in [-0.39, 0.29) is 17.5 Å². The number of nitrogens with one attached hydrogen (secondary N) is 1. The Morgan fingerprint density at radius 2 is 1.76 bits per heavy atom. The second-order valence-electron chi connectivity index (χ2n) is 7.83. The molecule has 170 valence electrons. The van der Waals surface area contributed by atoms with E-state index in [0.29, 0.717) is 23.1 Å². The zero-order valence-corrected chi connectivity index (χ0v) is 19.1. The van der Waals surface area contributed by atoms with Crippen LogP contribution in [0.4, 0.5) is 15.8 Å². The lowest BCUT2D eigenvalue weighted by Gasteiger charge is -2.27. The van der Waals surface area contributed by atoms with Gasteiger partial charge in [-0.2, -0.15) is 0 Å². The highest BCUT2D eigenvalue weighted by atomic mass is 32.2. The Labute approximate surface area is 200 Å². The Kier molecular flexibility index (Phi) is 5.98. The predicted octanol–water partition coefficient (Wildman–Crippen LogP) is 5.31. The lowest BCUT2D eigenvalue weighted by atomic mass is 10.1. The Hall–Kier alpha value is -3.78. The fourth-order valence-electron chi connectivity index (χ4n) is 3.91. The minimum atomic E-state index is -0.680. The number of carbonyl (C=O) groups excluding carboxylic acids is 2. The predicted molar refractivity (Wildman–Crippen MR) is 133 cm³/mol. The zero-order chi connectivity index (χ0) is 23.7. The Bertz CT molecular complexity index is 1330. The van der Waals surface area contributed by atoms with Crippen LogP contribution in [-0.2, 0) is 9.59 Å². The van der Waals surface area contributed by atoms with Crippen LogP contribution >= 0.6 is 11.8 Å². The van der Waals surface area contributed by atoms with Gasteiger partial charge in [-0.25, -0.2) is 19.3 Å². The molecule has 34 heavy (non-hydrogen) atoms. The highest BCUT2D eigenvalue weighted by Gasteiger charge is 2.43. The summed E-state index contributed by atoms with van der Waals surface area (Å²) in [7, 11) is 0. The molecule has 2 aliphatic rings. The molecule has 8 heteroatoms. The number of para-hydroxylation sites is 2. The average molecular weight is 473 g/mol. The average Bonchev–Trinajstić information content (AvgIpc) is 3.22. The van der Waals surface area contributed by atoms with E-state index in [1.807, 2.05) is 61.5 Å². The third kappa shape index (κ3) is 4.01. The van der Waals surface area contributed by atoms with Crippen LogP contribution in [0.2, 0.25) is 0 Å². The molecule has 0 aliphatic carbocycles. The topological polar surface area (TPSA) is 74.1 Å². The van der Waals surface area contributed by atoms with E-state index >= 15 is 0 Å². The molecule has 0 saturated carbocycles. The summed E-state index contributed by atoms with van der Waals surface area (Å²) in [5.74, 6) is -0.555. The van der Waals surface area contributed by atoms with Crippen LogP contribution in [-0.4, -0.2) is 33.0 Å². The first-order chi connectivity index (χ1) is 16.6. The molecular formula is C26H21FN4O2S. The van der Waals surface area contributed by atoms with Crippen LogP contribution in [0, 0.1) is 5.82 Å². The molecule has 1 N–H and O–H groups in total. The molecule has 0 bridgehead atoms. The van der Waals surface area contributed by atoms with E-state index in [1.165, 1.54) is 28.8 Å². The Morgan fingerprint density at radius 1 is 1.06 bits per heavy atom. The van der Waals surface area contributed by atoms with Gasteiger partial charge in [0.15, 0.2) is 11.2 Å². The van der Waals surface area contributed by atoms with E-state index in [2.05, 4.69) is 5.32 Å². The first-order valence-corrected chi connectivity index (χ1v) is 11.8. The summed E-state index contributed by atoms with van der Waals surface area (Å²) >= 11 is 1.18. The number of hydrogen-bond acceptors (Lipinski definition) is 5. The number of benzene rings is 3. The van der Waals surface area contributed by atoms with Crippen LogP contribution < -0.4 is 5.32 Å². The van der Waals surface area contributed by atoms with Gasteiger partial charge in [-0.05, 0) is 36.2 Å². The van der Waals surface area contributed by atoms with Gasteiger partial charge in [0.1, 0.15) is 11.7 Å². The number of thioether (sulfide) groups is 1. The Morgan fingerprint density at radius 3 is 2.53 bits per heavy atom. The normalized spacial score (nSPS) is 17.4. The molecule has 2 atom stereocenters. The van der Waals surface area contributed by atoms with Crippen LogP contribution in [0.25, 0.3) is 0 Å². The number of nitrogens with zero attached hydrogens (tertiary/aromatic N) is 3. The van der Waals surface area contributed by atoms with Crippen molar-refractivity contribution in [2.24, 2.45) is 9.98 Å². The van der Waals surface area contributed by atoms with Crippen LogP contribution in [0.1, 0.15) is 30.5 Å². The van der Waals surface area contributed by atoms with Gasteiger partial charge in [0.25, 0.3) is 5.91 Å². The monoisotopic (exact) mass is 472 g/mol. The molecule has 0 spiro atoms. The summed E-state index contributed by atoms with van der Waals surface area (Å²) in [4.78, 5) is 37.5. The smallest absolute Gasteiger partial charge is 0.263 e. The first-order valence-electron chi connectivity index (χ1n) is 10.9. The number of fused-ring (bicyclic) bond motifs is 3. The van der Waals surface area contributed by atoms with Crippen molar-refractivity contribution in [3.05, 3.63) is 95.8 Å². The molecule has 0 aromatic heterocycles. The van der Waals surface area contributed by atoms with E-state index < -0.39 is 17.1 Å². The maximum absolute atomic E-state index is 14.1. The lowest BCUT2D eigenvalue weighted by Crippen LogP contribution is -2.41. The number of hydrogen-bond donors (Lipinski definition) is 1. The van der Waals surface area contributed by atoms with Gasteiger partial charge in [-0.1, -0.05) is 73.3 Å². The Balaban J connectivity index is 1.47. The first kappa shape index (κ1) is 22.0. The standard InChI is InChI=1S/C26H21FN4O2S/c1-2-21(24(32)28-20-15-9-7-13-18(20)27)34-26-29-19-14-8-6-12-17(19)23-30-22(25(33)31(23)26)16-10-4-3-5-11-16/h3-15,21-22H,2H2,1H3,(H,28,32)/t21-,22-/m1/s1. The minimum absolute atomic E-state index is 0.117. The van der Waals surface area contributed by atoms with Crippen molar-refractivity contribution >= 4 is 46.0 Å². The molecule has 2 amide bonds. The number of amides is 2. The number of aliphatic imine (C=N–C) groups is 2. The summed E-state index contributed by atoms with van der Waals surface area (Å²) in [5.41, 5.74) is 2.36. The van der Waals surface area contributed by atoms with Crippen molar-refractivity contribution in [3.8, 4) is 0 Å². The number of amidine groups is 2. The fourth-order valence-corrected chi connectivity index (χ4v) is 4.93. The minimum Gasteiger partial charge on any atom is -0.323 e. The molecule has 0 radical (unpaired) electrons. The van der Waals surface area contributed by atoms with Gasteiger partial charge in [0, 0.05) is 5.56 Å². The SMILES string of the molecule is CC[C@@H](SC1=Nc2ccccc2C2=N[C@H](c3ccccc3)C(=O)N12)C(=O)Nc1ccccc1F. The van der Waals surface area contributed by atoms with Gasteiger partial charge in [-0.3, -0.25) is 9.59 Å². The molecule has 0 fully saturated rings. The van der Waals surface area contributed by atoms with Crippen LogP contribution in [0.3, 0.4) is 0 Å². The molecular weight excluding hydrogens is 451 g/mol. The number of rotatable bonds is 5. The second-order valence-corrected chi connectivity index (χ2v) is 9.00. The van der Waals surface area contributed by atoms with Crippen molar-refractivity contribution in [2.75, 3.05) is 5.32 Å². The number of carbonyl (C=O) groups is 2. The maximum atomic E-state index is 14.1. The summed E-state index contributed by atoms with van der Waals surface area (Å²) in [6.07, 6.45) is 0.461. The fraction of sp³-hybridized carbons (Fsp3) is 0.154. The summed E-state index contributed by atoms with van der Waals surface area (Å²) in [6.45, 7) is 1.86. The molecule has 6 nitrogen and oxygen atoms in total. The highest BCUT2D eigenvalue weighted by Crippen LogP contribution is 2.38. The molecule has 5 rings (SSSR count). The van der Waals surface area contributed by atoms with E-state index in [0.717, 1.165) is 11.1 Å². The lowest BCUT2D eigenvalue weighted by molar-refractivity contribution is -0.124. The third-order valence-corrected chi connectivity index (χ3v) is 6.94. The molecule has 2 heterocycles. The largest absolute Gasteiger partial charge is 0.323 e. The quantitative estimate of drug-likeness (QED) is 0.547. The number of anilines is 1. The summed E-state index contributed by atoms with van der Waals surface area (Å²) < 4.78 is 14.1. The van der Waals surface area contributed by atoms with Crippen molar-refractivity contribution in [2.45, 2.75) is 24.6 Å². The molecule has 3 aromatic rings. The van der Waals surface area contributed by atoms with Crippen LogP contribution in [0.15, 0.2) is 88.8 Å². The molecule has 3 aromatic carbocycles. The zero-order valence-electron chi connectivity index (χ0n) is 18.3. The summed E-state index contributed by atoms with van der Waals surface area (Å²) in [5, 5.41) is 2.45. The van der Waals surface area contributed by atoms with Gasteiger partial charge in [0.2, 0.25) is 5.91 Å². The second kappa shape index (κ2) is 9.23. The number of halogens is 1. The van der Waals surface area contributed by atoms with Gasteiger partial charge >= 0.3 is 0 Å². The summed E-state index contributed by atoms with van der Waals surface area (Å²) in [6, 6.07) is 22.2. The van der Waals surface area contributed by atoms with Crippen LogP contribution in [0.5, 0.6) is 0 Å². The third-order valence-electron chi connectivity index (χ3n) is 5.63. The highest BCUT2D eigenvalue weighted by molar-refractivity contribution is 8.15. The van der Waals surface area contributed by atoms with Gasteiger partial charge in [-0.15, -0.1) is 0 Å². The van der Waals surface area contributed by atoms with Crippen molar-refractivity contribution in [1.82, 2.24) is 4.90 Å². The van der Waals surface area contributed by atoms with E-state index in [1.54, 1.807) is 12.1 Å². The van der Waals surface area contributed by atoms with Gasteiger partial charge in [0.05, 0.1) is 16.6 Å². The maximum Gasteiger partial charge on any atom is 0.263 e. The van der Waals surface area contributed by atoms with E-state index in [9.17, 15) is 14.0 Å².